The van der Waals surface area contributed by atoms with Crippen LogP contribution in [-0.2, 0) is 11.3 Å². The topological polar surface area (TPSA) is 77.7 Å². The first-order valence-corrected chi connectivity index (χ1v) is 8.57. The summed E-state index contributed by atoms with van der Waals surface area (Å²) >= 11 is 0. The summed E-state index contributed by atoms with van der Waals surface area (Å²) in [6, 6.07) is 13.2. The molecule has 2 aromatic carbocycles. The third-order valence-corrected chi connectivity index (χ3v) is 4.24. The summed E-state index contributed by atoms with van der Waals surface area (Å²) < 4.78 is 12.4. The maximum atomic E-state index is 12.3. The molecule has 0 aliphatic rings. The Hall–Kier alpha value is -3.35. The van der Waals surface area contributed by atoms with Gasteiger partial charge in [-0.1, -0.05) is 19.1 Å². The Morgan fingerprint density at radius 1 is 1.22 bits per heavy atom. The van der Waals surface area contributed by atoms with Crippen molar-refractivity contribution in [1.29, 1.82) is 0 Å². The van der Waals surface area contributed by atoms with E-state index in [1.54, 1.807) is 38.9 Å². The molecule has 27 heavy (non-hydrogen) atoms. The predicted octanol–water partition coefficient (Wildman–Crippen LogP) is 2.84. The highest BCUT2D eigenvalue weighted by molar-refractivity contribution is 5.84. The van der Waals surface area contributed by atoms with E-state index in [0.717, 1.165) is 16.6 Å². The molecular formula is C20H22N4O3. The van der Waals surface area contributed by atoms with E-state index >= 15 is 0 Å². The zero-order valence-corrected chi connectivity index (χ0v) is 15.5. The zero-order valence-electron chi connectivity index (χ0n) is 15.5. The van der Waals surface area contributed by atoms with E-state index in [-0.39, 0.29) is 11.8 Å². The molecule has 1 atom stereocenters. The second kappa shape index (κ2) is 8.35. The molecule has 140 valence electrons. The first-order valence-electron chi connectivity index (χ1n) is 8.57. The van der Waals surface area contributed by atoms with E-state index in [1.807, 2.05) is 41.8 Å². The van der Waals surface area contributed by atoms with Crippen LogP contribution in [0.25, 0.3) is 11.0 Å². The van der Waals surface area contributed by atoms with Crippen LogP contribution in [0.3, 0.4) is 0 Å². The van der Waals surface area contributed by atoms with Gasteiger partial charge in [0, 0.05) is 6.54 Å². The zero-order chi connectivity index (χ0) is 19.2. The van der Waals surface area contributed by atoms with Gasteiger partial charge in [-0.05, 0) is 35.9 Å². The number of nitrogens with one attached hydrogen (secondary N) is 1. The number of hydrazone groups is 1. The van der Waals surface area contributed by atoms with Crippen LogP contribution >= 0.6 is 0 Å². The van der Waals surface area contributed by atoms with Crippen LogP contribution in [0.2, 0.25) is 0 Å². The molecule has 7 heteroatoms. The second-order valence-electron chi connectivity index (χ2n) is 6.14. The molecule has 1 amide bonds. The summed E-state index contributed by atoms with van der Waals surface area (Å²) in [6.45, 7) is 2.38. The Kier molecular flexibility index (Phi) is 5.71. The van der Waals surface area contributed by atoms with Crippen LogP contribution in [0, 0.1) is 5.92 Å². The van der Waals surface area contributed by atoms with Crippen molar-refractivity contribution < 1.29 is 14.3 Å². The fourth-order valence-electron chi connectivity index (χ4n) is 2.75. The average Bonchev–Trinajstić information content (AvgIpc) is 3.10. The lowest BCUT2D eigenvalue weighted by Gasteiger charge is -2.11. The number of methoxy groups -OCH3 is 2. The summed E-state index contributed by atoms with van der Waals surface area (Å²) in [5, 5.41) is 4.04. The minimum absolute atomic E-state index is 0.162. The lowest BCUT2D eigenvalue weighted by Crippen LogP contribution is -2.27. The van der Waals surface area contributed by atoms with Crippen molar-refractivity contribution in [3.05, 3.63) is 54.4 Å². The number of benzene rings is 2. The number of nitrogens with zero attached hydrogens (tertiary/aromatic N) is 3. The minimum atomic E-state index is -0.259. The minimum Gasteiger partial charge on any atom is -0.493 e. The standard InChI is InChI=1S/C20H22N4O3/c1-14(12-24-13-21-16-6-4-5-7-17(16)24)20(25)23-22-11-15-8-9-18(26-2)19(10-15)27-3/h4-11,13-14H,12H2,1-3H3,(H,23,25)/b22-11-/t14-/m0/s1. The molecule has 1 N–H and O–H groups in total. The number of hydrogen-bond acceptors (Lipinski definition) is 5. The summed E-state index contributed by atoms with van der Waals surface area (Å²) in [5.41, 5.74) is 5.29. The normalized spacial score (nSPS) is 12.3. The van der Waals surface area contributed by atoms with E-state index in [1.165, 1.54) is 0 Å². The summed E-state index contributed by atoms with van der Waals surface area (Å²) in [4.78, 5) is 16.7. The lowest BCUT2D eigenvalue weighted by atomic mass is 10.1. The monoisotopic (exact) mass is 366 g/mol. The van der Waals surface area contributed by atoms with Gasteiger partial charge in [0.05, 0.1) is 43.7 Å². The van der Waals surface area contributed by atoms with Crippen molar-refractivity contribution in [3.8, 4) is 11.5 Å². The highest BCUT2D eigenvalue weighted by atomic mass is 16.5. The van der Waals surface area contributed by atoms with Crippen molar-refractivity contribution in [2.75, 3.05) is 14.2 Å². The van der Waals surface area contributed by atoms with Gasteiger partial charge >= 0.3 is 0 Å². The average molecular weight is 366 g/mol. The lowest BCUT2D eigenvalue weighted by molar-refractivity contribution is -0.124. The number of ether oxygens (including phenoxy) is 2. The van der Waals surface area contributed by atoms with Crippen LogP contribution < -0.4 is 14.9 Å². The second-order valence-corrected chi connectivity index (χ2v) is 6.14. The first-order chi connectivity index (χ1) is 13.1. The van der Waals surface area contributed by atoms with E-state index in [0.29, 0.717) is 18.0 Å². The molecule has 0 aliphatic carbocycles. The first kappa shape index (κ1) is 18.4. The molecule has 0 radical (unpaired) electrons. The van der Waals surface area contributed by atoms with E-state index in [2.05, 4.69) is 15.5 Å². The van der Waals surface area contributed by atoms with Crippen LogP contribution in [0.5, 0.6) is 11.5 Å². The smallest absolute Gasteiger partial charge is 0.244 e. The number of rotatable bonds is 7. The maximum absolute atomic E-state index is 12.3. The maximum Gasteiger partial charge on any atom is 0.244 e. The van der Waals surface area contributed by atoms with Gasteiger partial charge < -0.3 is 14.0 Å². The van der Waals surface area contributed by atoms with Gasteiger partial charge in [-0.25, -0.2) is 10.4 Å². The van der Waals surface area contributed by atoms with Crippen molar-refractivity contribution in [1.82, 2.24) is 15.0 Å². The Morgan fingerprint density at radius 3 is 2.78 bits per heavy atom. The molecule has 1 aromatic heterocycles. The highest BCUT2D eigenvalue weighted by Crippen LogP contribution is 2.26. The number of fused-ring (bicyclic) bond motifs is 1. The van der Waals surface area contributed by atoms with Crippen LogP contribution in [-0.4, -0.2) is 35.9 Å². The summed E-state index contributed by atoms with van der Waals surface area (Å²) in [7, 11) is 3.15. The van der Waals surface area contributed by atoms with Crippen molar-refractivity contribution >= 4 is 23.2 Å². The summed E-state index contributed by atoms with van der Waals surface area (Å²) in [6.07, 6.45) is 3.32. The highest BCUT2D eigenvalue weighted by Gasteiger charge is 2.14. The quantitative estimate of drug-likeness (QED) is 0.515. The number of carbonyl (C=O) groups is 1. The summed E-state index contributed by atoms with van der Waals surface area (Å²) in [5.74, 6) is 0.822. The number of hydrogen-bond donors (Lipinski definition) is 1. The Morgan fingerprint density at radius 2 is 2.00 bits per heavy atom. The molecule has 3 aromatic rings. The van der Waals surface area contributed by atoms with Crippen molar-refractivity contribution in [3.63, 3.8) is 0 Å². The SMILES string of the molecule is COc1ccc(/C=N\NC(=O)[C@@H](C)Cn2cnc3ccccc32)cc1OC. The molecule has 0 saturated heterocycles. The molecule has 0 unspecified atom stereocenters. The van der Waals surface area contributed by atoms with Crippen LogP contribution in [0.15, 0.2) is 53.9 Å². The molecule has 0 saturated carbocycles. The van der Waals surface area contributed by atoms with E-state index < -0.39 is 0 Å². The molecule has 0 aliphatic heterocycles. The van der Waals surface area contributed by atoms with Gasteiger partial charge in [-0.3, -0.25) is 4.79 Å². The molecule has 1 heterocycles. The number of imidazole rings is 1. The van der Waals surface area contributed by atoms with Crippen molar-refractivity contribution in [2.45, 2.75) is 13.5 Å². The molecule has 3 rings (SSSR count). The van der Waals surface area contributed by atoms with Crippen LogP contribution in [0.4, 0.5) is 0 Å². The Labute approximate surface area is 157 Å². The third-order valence-electron chi connectivity index (χ3n) is 4.24. The van der Waals surface area contributed by atoms with Gasteiger partial charge in [0.1, 0.15) is 0 Å². The third kappa shape index (κ3) is 4.25. The molecule has 0 fully saturated rings. The van der Waals surface area contributed by atoms with Gasteiger partial charge in [0.15, 0.2) is 11.5 Å². The number of para-hydroxylation sites is 2. The Balaban J connectivity index is 1.61. The van der Waals surface area contributed by atoms with Gasteiger partial charge in [0.25, 0.3) is 0 Å². The number of aromatic nitrogens is 2. The number of carbonyl (C=O) groups excluding carboxylic acids is 1. The fourth-order valence-corrected chi connectivity index (χ4v) is 2.75. The fraction of sp³-hybridized carbons (Fsp3) is 0.250. The van der Waals surface area contributed by atoms with Crippen LogP contribution in [0.1, 0.15) is 12.5 Å². The van der Waals surface area contributed by atoms with Gasteiger partial charge in [-0.2, -0.15) is 5.10 Å². The van der Waals surface area contributed by atoms with Gasteiger partial charge in [0.2, 0.25) is 5.91 Å². The number of amides is 1. The largest absolute Gasteiger partial charge is 0.493 e. The van der Waals surface area contributed by atoms with E-state index in [9.17, 15) is 4.79 Å². The molecule has 0 bridgehead atoms. The molecule has 7 nitrogen and oxygen atoms in total. The molecular weight excluding hydrogens is 344 g/mol. The molecule has 0 spiro atoms. The Bertz CT molecular complexity index is 965. The van der Waals surface area contributed by atoms with E-state index in [4.69, 9.17) is 9.47 Å². The van der Waals surface area contributed by atoms with Gasteiger partial charge in [-0.15, -0.1) is 0 Å². The predicted molar refractivity (Wildman–Crippen MR) is 104 cm³/mol. The van der Waals surface area contributed by atoms with Crippen molar-refractivity contribution in [2.24, 2.45) is 11.0 Å².